The van der Waals surface area contributed by atoms with Gasteiger partial charge >= 0.3 is 17.9 Å². The molecule has 0 radical (unpaired) electrons. The molecule has 0 aliphatic heterocycles. The van der Waals surface area contributed by atoms with Crippen molar-refractivity contribution in [2.45, 2.75) is 258 Å². The number of ether oxygens (including phenoxy) is 3. The molecule has 0 saturated heterocycles. The molecule has 0 aromatic rings. The molecule has 0 aromatic heterocycles. The van der Waals surface area contributed by atoms with E-state index in [2.05, 4.69) is 57.2 Å². The van der Waals surface area contributed by atoms with Gasteiger partial charge in [0, 0.05) is 19.3 Å². The summed E-state index contributed by atoms with van der Waals surface area (Å²) in [7, 11) is 0. The van der Waals surface area contributed by atoms with E-state index in [1.54, 1.807) is 0 Å². The van der Waals surface area contributed by atoms with Crippen LogP contribution in [0.15, 0.2) is 36.5 Å². The van der Waals surface area contributed by atoms with E-state index in [-0.39, 0.29) is 31.1 Å². The molecule has 0 amide bonds. The molecule has 1 atom stereocenters. The normalized spacial score (nSPS) is 12.3. The fourth-order valence-corrected chi connectivity index (χ4v) is 6.86. The Balaban J connectivity index is 4.38. The summed E-state index contributed by atoms with van der Waals surface area (Å²) in [6, 6.07) is 0. The molecule has 57 heavy (non-hydrogen) atoms. The number of allylic oxidation sites excluding steroid dienone is 6. The molecule has 0 heterocycles. The molecular formula is C51H92O6. The van der Waals surface area contributed by atoms with Crippen LogP contribution in [0.4, 0.5) is 0 Å². The van der Waals surface area contributed by atoms with Gasteiger partial charge in [0.15, 0.2) is 6.10 Å². The van der Waals surface area contributed by atoms with Crippen molar-refractivity contribution in [2.75, 3.05) is 13.2 Å². The Hall–Kier alpha value is -2.37. The molecule has 0 aliphatic carbocycles. The van der Waals surface area contributed by atoms with E-state index in [0.717, 1.165) is 83.5 Å². The van der Waals surface area contributed by atoms with Crippen molar-refractivity contribution in [1.82, 2.24) is 0 Å². The van der Waals surface area contributed by atoms with Crippen LogP contribution in [-0.4, -0.2) is 37.2 Å². The third-order valence-corrected chi connectivity index (χ3v) is 10.6. The second-order valence-electron chi connectivity index (χ2n) is 16.4. The molecule has 6 heteroatoms. The Labute approximate surface area is 353 Å². The van der Waals surface area contributed by atoms with Gasteiger partial charge in [0.05, 0.1) is 0 Å². The molecule has 0 spiro atoms. The first-order valence-corrected chi connectivity index (χ1v) is 24.5. The molecule has 0 unspecified atom stereocenters. The van der Waals surface area contributed by atoms with E-state index < -0.39 is 6.10 Å². The predicted octanol–water partition coefficient (Wildman–Crippen LogP) is 15.8. The van der Waals surface area contributed by atoms with Crippen LogP contribution in [0.2, 0.25) is 0 Å². The third kappa shape index (κ3) is 44.6. The van der Waals surface area contributed by atoms with E-state index in [1.165, 1.54) is 128 Å². The second-order valence-corrected chi connectivity index (χ2v) is 16.4. The molecule has 332 valence electrons. The number of rotatable bonds is 44. The summed E-state index contributed by atoms with van der Waals surface area (Å²) in [5.41, 5.74) is 0. The topological polar surface area (TPSA) is 78.9 Å². The van der Waals surface area contributed by atoms with Gasteiger partial charge in [-0.2, -0.15) is 0 Å². The highest BCUT2D eigenvalue weighted by molar-refractivity contribution is 5.71. The van der Waals surface area contributed by atoms with Crippen LogP contribution in [0.25, 0.3) is 0 Å². The minimum Gasteiger partial charge on any atom is -0.462 e. The third-order valence-electron chi connectivity index (χ3n) is 10.6. The maximum absolute atomic E-state index is 12.7. The number of carbonyl (C=O) groups excluding carboxylic acids is 3. The van der Waals surface area contributed by atoms with Crippen LogP contribution in [0, 0.1) is 0 Å². The van der Waals surface area contributed by atoms with Crippen LogP contribution >= 0.6 is 0 Å². The minimum atomic E-state index is -0.776. The number of esters is 3. The van der Waals surface area contributed by atoms with Crippen LogP contribution in [0.5, 0.6) is 0 Å². The van der Waals surface area contributed by atoms with E-state index in [4.69, 9.17) is 14.2 Å². The largest absolute Gasteiger partial charge is 0.462 e. The quantitative estimate of drug-likeness (QED) is 0.0264. The lowest BCUT2D eigenvalue weighted by Gasteiger charge is -2.18. The van der Waals surface area contributed by atoms with Gasteiger partial charge in [-0.1, -0.05) is 198 Å². The zero-order valence-corrected chi connectivity index (χ0v) is 37.9. The van der Waals surface area contributed by atoms with Crippen LogP contribution in [0.1, 0.15) is 252 Å². The summed E-state index contributed by atoms with van der Waals surface area (Å²) < 4.78 is 16.7. The van der Waals surface area contributed by atoms with Crippen molar-refractivity contribution in [3.05, 3.63) is 36.5 Å². The fraction of sp³-hybridized carbons (Fsp3) is 0.824. The highest BCUT2D eigenvalue weighted by Gasteiger charge is 2.19. The van der Waals surface area contributed by atoms with Crippen molar-refractivity contribution in [3.63, 3.8) is 0 Å². The zero-order chi connectivity index (χ0) is 41.5. The molecule has 0 N–H and O–H groups in total. The number of hydrogen-bond donors (Lipinski definition) is 0. The van der Waals surface area contributed by atoms with Crippen LogP contribution in [-0.2, 0) is 28.6 Å². The van der Waals surface area contributed by atoms with E-state index in [9.17, 15) is 14.4 Å². The van der Waals surface area contributed by atoms with Crippen LogP contribution in [0.3, 0.4) is 0 Å². The SMILES string of the molecule is CCCC/C=C\CCCCCCCC(=O)OC[C@H](COC(=O)CCCCCCC/C=C\C/C=C\CCCCC)OC(=O)CCCCCCCCCCCCCCC. The Kier molecular flexibility index (Phi) is 44.4. The summed E-state index contributed by atoms with van der Waals surface area (Å²) in [4.78, 5) is 37.8. The van der Waals surface area contributed by atoms with Gasteiger partial charge in [0.25, 0.3) is 0 Å². The Bertz CT molecular complexity index is 969. The lowest BCUT2D eigenvalue weighted by molar-refractivity contribution is -0.167. The smallest absolute Gasteiger partial charge is 0.306 e. The molecule has 0 rings (SSSR count). The van der Waals surface area contributed by atoms with Gasteiger partial charge in [-0.15, -0.1) is 0 Å². The molecule has 0 fully saturated rings. The summed E-state index contributed by atoms with van der Waals surface area (Å²) in [6.45, 7) is 6.56. The molecule has 0 saturated carbocycles. The summed E-state index contributed by atoms with van der Waals surface area (Å²) >= 11 is 0. The number of carbonyl (C=O) groups is 3. The van der Waals surface area contributed by atoms with Crippen molar-refractivity contribution < 1.29 is 28.6 Å². The Morgan fingerprint density at radius 3 is 1.07 bits per heavy atom. The van der Waals surface area contributed by atoms with Gasteiger partial charge in [0.2, 0.25) is 0 Å². The van der Waals surface area contributed by atoms with E-state index >= 15 is 0 Å². The second kappa shape index (κ2) is 46.3. The monoisotopic (exact) mass is 801 g/mol. The van der Waals surface area contributed by atoms with Gasteiger partial charge < -0.3 is 14.2 Å². The number of unbranched alkanes of at least 4 members (excludes halogenated alkanes) is 27. The molecule has 0 aromatic carbocycles. The Morgan fingerprint density at radius 1 is 0.351 bits per heavy atom. The zero-order valence-electron chi connectivity index (χ0n) is 37.9. The lowest BCUT2D eigenvalue weighted by Crippen LogP contribution is -2.30. The first kappa shape index (κ1) is 54.6. The average molecular weight is 801 g/mol. The van der Waals surface area contributed by atoms with Gasteiger partial charge in [0.1, 0.15) is 13.2 Å². The highest BCUT2D eigenvalue weighted by atomic mass is 16.6. The predicted molar refractivity (Wildman–Crippen MR) is 242 cm³/mol. The molecule has 6 nitrogen and oxygen atoms in total. The molecular weight excluding hydrogens is 709 g/mol. The highest BCUT2D eigenvalue weighted by Crippen LogP contribution is 2.15. The molecule has 0 bridgehead atoms. The number of hydrogen-bond acceptors (Lipinski definition) is 6. The fourth-order valence-electron chi connectivity index (χ4n) is 6.86. The average Bonchev–Trinajstić information content (AvgIpc) is 3.21. The maximum atomic E-state index is 12.7. The minimum absolute atomic E-state index is 0.0789. The van der Waals surface area contributed by atoms with Gasteiger partial charge in [-0.05, 0) is 70.6 Å². The van der Waals surface area contributed by atoms with Crippen molar-refractivity contribution in [1.29, 1.82) is 0 Å². The summed E-state index contributed by atoms with van der Waals surface area (Å²) in [5, 5.41) is 0. The lowest BCUT2D eigenvalue weighted by atomic mass is 10.0. The van der Waals surface area contributed by atoms with Crippen molar-refractivity contribution in [2.24, 2.45) is 0 Å². The maximum Gasteiger partial charge on any atom is 0.306 e. The van der Waals surface area contributed by atoms with Crippen molar-refractivity contribution >= 4 is 17.9 Å². The Morgan fingerprint density at radius 2 is 0.649 bits per heavy atom. The van der Waals surface area contributed by atoms with E-state index in [0.29, 0.717) is 19.3 Å². The summed E-state index contributed by atoms with van der Waals surface area (Å²) in [6.07, 6.45) is 52.6. The summed E-state index contributed by atoms with van der Waals surface area (Å²) in [5.74, 6) is -0.895. The molecule has 0 aliphatic rings. The van der Waals surface area contributed by atoms with Crippen molar-refractivity contribution in [3.8, 4) is 0 Å². The standard InChI is InChI=1S/C51H92O6/c1-4-7-10-13-16-19-22-24-25-27-29-32-35-38-41-44-50(53)56-47-48(46-55-49(52)43-40-37-34-31-28-21-18-15-12-9-6-3)57-51(54)45-42-39-36-33-30-26-23-20-17-14-11-8-5-2/h15-16,18-19,24-25,48H,4-14,17,20-23,26-47H2,1-3H3/b18-15-,19-16-,25-24-/t48-/m1/s1. The first-order chi connectivity index (χ1) is 28.0. The van der Waals surface area contributed by atoms with Gasteiger partial charge in [-0.3, -0.25) is 14.4 Å². The van der Waals surface area contributed by atoms with Crippen LogP contribution < -0.4 is 0 Å². The van der Waals surface area contributed by atoms with E-state index in [1.807, 2.05) is 0 Å². The first-order valence-electron chi connectivity index (χ1n) is 24.5. The van der Waals surface area contributed by atoms with Gasteiger partial charge in [-0.25, -0.2) is 0 Å².